The lowest BCUT2D eigenvalue weighted by Gasteiger charge is -2.21. The van der Waals surface area contributed by atoms with Crippen molar-refractivity contribution in [2.45, 2.75) is 24.3 Å². The highest BCUT2D eigenvalue weighted by molar-refractivity contribution is 7.91. The Morgan fingerprint density at radius 3 is 2.64 bits per heavy atom. The fraction of sp³-hybridized carbons (Fsp3) is 0.500. The molecule has 140 valence electrons. The van der Waals surface area contributed by atoms with E-state index in [9.17, 15) is 26.0 Å². The molecule has 0 bridgehead atoms. The topological polar surface area (TPSA) is 101 Å². The van der Waals surface area contributed by atoms with Crippen LogP contribution in [-0.2, 0) is 24.7 Å². The van der Waals surface area contributed by atoms with Crippen LogP contribution in [0.1, 0.15) is 13.3 Å². The number of likely N-dealkylation sites (N-methyl/N-ethyl adjacent to an activating group) is 1. The average molecular weight is 413 g/mol. The van der Waals surface area contributed by atoms with Gasteiger partial charge in [0.25, 0.3) is 0 Å². The van der Waals surface area contributed by atoms with Crippen LogP contribution in [0, 0.1) is 5.82 Å². The van der Waals surface area contributed by atoms with Gasteiger partial charge in [-0.2, -0.15) is 4.31 Å². The molecule has 1 fully saturated rings. The molecule has 1 heterocycles. The van der Waals surface area contributed by atoms with Gasteiger partial charge in [-0.05, 0) is 24.6 Å². The standard InChI is InChI=1S/C14H18ClFN2O5S2/c1-2-18(8-14(19)17-11-5-6-24(20,21)9-11)25(22,23)13-4-3-10(15)7-12(13)16/h3-4,7,11H,2,5-6,8-9H2,1H3,(H,17,19). The number of sulfone groups is 1. The molecule has 1 aliphatic heterocycles. The first-order chi connectivity index (χ1) is 11.5. The van der Waals surface area contributed by atoms with E-state index in [2.05, 4.69) is 5.32 Å². The van der Waals surface area contributed by atoms with Crippen molar-refractivity contribution in [2.75, 3.05) is 24.6 Å². The van der Waals surface area contributed by atoms with Crippen molar-refractivity contribution in [3.63, 3.8) is 0 Å². The number of carbonyl (C=O) groups excluding carboxylic acids is 1. The molecule has 0 spiro atoms. The number of rotatable bonds is 6. The zero-order valence-corrected chi connectivity index (χ0v) is 15.8. The summed E-state index contributed by atoms with van der Waals surface area (Å²) in [6, 6.07) is 2.63. The molecule has 1 aliphatic rings. The second-order valence-electron chi connectivity index (χ2n) is 5.67. The van der Waals surface area contributed by atoms with Gasteiger partial charge in [0.05, 0.1) is 18.1 Å². The first-order valence-corrected chi connectivity index (χ1v) is 11.1. The Kier molecular flexibility index (Phi) is 6.08. The van der Waals surface area contributed by atoms with Crippen LogP contribution in [0.3, 0.4) is 0 Å². The molecule has 0 aliphatic carbocycles. The van der Waals surface area contributed by atoms with E-state index in [0.717, 1.165) is 16.4 Å². The summed E-state index contributed by atoms with van der Waals surface area (Å²) in [5.41, 5.74) is 0. The maximum atomic E-state index is 13.9. The molecule has 7 nitrogen and oxygen atoms in total. The van der Waals surface area contributed by atoms with Crippen LogP contribution in [0.15, 0.2) is 23.1 Å². The second-order valence-corrected chi connectivity index (χ2v) is 10.2. The van der Waals surface area contributed by atoms with Gasteiger partial charge in [-0.15, -0.1) is 0 Å². The summed E-state index contributed by atoms with van der Waals surface area (Å²) in [6.45, 7) is 0.927. The van der Waals surface area contributed by atoms with E-state index in [1.165, 1.54) is 13.0 Å². The van der Waals surface area contributed by atoms with Crippen LogP contribution < -0.4 is 5.32 Å². The molecule has 1 unspecified atom stereocenters. The number of amides is 1. The van der Waals surface area contributed by atoms with Gasteiger partial charge in [0, 0.05) is 17.6 Å². The van der Waals surface area contributed by atoms with Gasteiger partial charge in [0.2, 0.25) is 15.9 Å². The summed E-state index contributed by atoms with van der Waals surface area (Å²) >= 11 is 5.62. The predicted molar refractivity (Wildman–Crippen MR) is 91.0 cm³/mol. The monoisotopic (exact) mass is 412 g/mol. The van der Waals surface area contributed by atoms with Crippen LogP contribution in [-0.4, -0.2) is 57.7 Å². The minimum atomic E-state index is -4.23. The highest BCUT2D eigenvalue weighted by atomic mass is 35.5. The number of hydrogen-bond acceptors (Lipinski definition) is 5. The Balaban J connectivity index is 2.11. The second kappa shape index (κ2) is 7.56. The summed E-state index contributed by atoms with van der Waals surface area (Å²) in [5.74, 6) is -1.82. The Bertz CT molecular complexity index is 873. The van der Waals surface area contributed by atoms with E-state index in [4.69, 9.17) is 11.6 Å². The van der Waals surface area contributed by atoms with Crippen molar-refractivity contribution >= 4 is 37.4 Å². The Labute approximate surface area is 151 Å². The van der Waals surface area contributed by atoms with Gasteiger partial charge in [0.1, 0.15) is 10.7 Å². The van der Waals surface area contributed by atoms with Crippen LogP contribution in [0.5, 0.6) is 0 Å². The first-order valence-electron chi connectivity index (χ1n) is 7.50. The van der Waals surface area contributed by atoms with Crippen LogP contribution >= 0.6 is 11.6 Å². The zero-order valence-electron chi connectivity index (χ0n) is 13.4. The third-order valence-electron chi connectivity index (χ3n) is 3.78. The molecule has 0 saturated carbocycles. The smallest absolute Gasteiger partial charge is 0.246 e. The third-order valence-corrected chi connectivity index (χ3v) is 7.74. The number of nitrogens with zero attached hydrogens (tertiary/aromatic N) is 1. The lowest BCUT2D eigenvalue weighted by atomic mass is 10.2. The minimum Gasteiger partial charge on any atom is -0.351 e. The van der Waals surface area contributed by atoms with Gasteiger partial charge in [-0.25, -0.2) is 21.2 Å². The number of sulfonamides is 1. The molecule has 11 heteroatoms. The largest absolute Gasteiger partial charge is 0.351 e. The third kappa shape index (κ3) is 4.90. The minimum absolute atomic E-state index is 0.0102. The van der Waals surface area contributed by atoms with Gasteiger partial charge in [-0.3, -0.25) is 4.79 Å². The normalized spacial score (nSPS) is 19.9. The van der Waals surface area contributed by atoms with Crippen molar-refractivity contribution in [1.82, 2.24) is 9.62 Å². The highest BCUT2D eigenvalue weighted by Crippen LogP contribution is 2.22. The summed E-state index contributed by atoms with van der Waals surface area (Å²) in [6.07, 6.45) is 0.290. The fourth-order valence-electron chi connectivity index (χ4n) is 2.53. The molecular formula is C14H18ClFN2O5S2. The maximum absolute atomic E-state index is 13.9. The fourth-order valence-corrected chi connectivity index (χ4v) is 5.82. The van der Waals surface area contributed by atoms with Crippen molar-refractivity contribution in [3.05, 3.63) is 29.0 Å². The van der Waals surface area contributed by atoms with Gasteiger partial charge in [-0.1, -0.05) is 18.5 Å². The molecule has 1 saturated heterocycles. The zero-order chi connectivity index (χ0) is 18.8. The van der Waals surface area contributed by atoms with E-state index < -0.39 is 49.1 Å². The average Bonchev–Trinajstić information content (AvgIpc) is 2.82. The quantitative estimate of drug-likeness (QED) is 0.744. The number of hydrogen-bond donors (Lipinski definition) is 1. The molecule has 0 radical (unpaired) electrons. The van der Waals surface area contributed by atoms with Crippen molar-refractivity contribution in [2.24, 2.45) is 0 Å². The number of benzene rings is 1. The molecule has 1 amide bonds. The molecule has 1 atom stereocenters. The number of carbonyl (C=O) groups is 1. The molecule has 2 rings (SSSR count). The van der Waals surface area contributed by atoms with Crippen LogP contribution in [0.2, 0.25) is 5.02 Å². The Hall–Kier alpha value is -1.23. The number of nitrogens with one attached hydrogen (secondary N) is 1. The predicted octanol–water partition coefficient (Wildman–Crippen LogP) is 0.793. The number of halogens is 2. The highest BCUT2D eigenvalue weighted by Gasteiger charge is 2.31. The van der Waals surface area contributed by atoms with E-state index in [0.29, 0.717) is 6.42 Å². The van der Waals surface area contributed by atoms with E-state index >= 15 is 0 Å². The van der Waals surface area contributed by atoms with Crippen molar-refractivity contribution in [3.8, 4) is 0 Å². The van der Waals surface area contributed by atoms with E-state index in [1.807, 2.05) is 0 Å². The lowest BCUT2D eigenvalue weighted by Crippen LogP contribution is -2.44. The summed E-state index contributed by atoms with van der Waals surface area (Å²) in [7, 11) is -7.39. The molecule has 0 aromatic heterocycles. The van der Waals surface area contributed by atoms with E-state index in [1.54, 1.807) is 0 Å². The van der Waals surface area contributed by atoms with Gasteiger partial charge in [0.15, 0.2) is 9.84 Å². The van der Waals surface area contributed by atoms with Crippen molar-refractivity contribution < 1.29 is 26.0 Å². The van der Waals surface area contributed by atoms with Crippen LogP contribution in [0.25, 0.3) is 0 Å². The molecule has 25 heavy (non-hydrogen) atoms. The van der Waals surface area contributed by atoms with Gasteiger partial charge >= 0.3 is 0 Å². The molecule has 1 aromatic carbocycles. The maximum Gasteiger partial charge on any atom is 0.246 e. The van der Waals surface area contributed by atoms with Gasteiger partial charge < -0.3 is 5.32 Å². The Morgan fingerprint density at radius 2 is 2.12 bits per heavy atom. The first kappa shape index (κ1) is 20.1. The molecule has 1 N–H and O–H groups in total. The van der Waals surface area contributed by atoms with E-state index in [-0.39, 0.29) is 23.1 Å². The summed E-state index contributed by atoms with van der Waals surface area (Å²) in [5, 5.41) is 2.56. The molecule has 1 aromatic rings. The van der Waals surface area contributed by atoms with Crippen LogP contribution in [0.4, 0.5) is 4.39 Å². The Morgan fingerprint density at radius 1 is 1.44 bits per heavy atom. The summed E-state index contributed by atoms with van der Waals surface area (Å²) in [4.78, 5) is 11.5. The van der Waals surface area contributed by atoms with Crippen molar-refractivity contribution in [1.29, 1.82) is 0 Å². The molecular weight excluding hydrogens is 395 g/mol. The summed E-state index contributed by atoms with van der Waals surface area (Å²) < 4.78 is 62.6. The lowest BCUT2D eigenvalue weighted by molar-refractivity contribution is -0.121. The SMILES string of the molecule is CCN(CC(=O)NC1CCS(=O)(=O)C1)S(=O)(=O)c1ccc(Cl)cc1F.